The SMILES string of the molecule is CC(C)(C)[C@@H](CO)NC(=O)Nc1ccccc1Cl. The van der Waals surface area contributed by atoms with E-state index in [-0.39, 0.29) is 24.1 Å². The lowest BCUT2D eigenvalue weighted by atomic mass is 9.87. The van der Waals surface area contributed by atoms with Gasteiger partial charge in [0, 0.05) is 0 Å². The summed E-state index contributed by atoms with van der Waals surface area (Å²) in [6, 6.07) is 6.29. The van der Waals surface area contributed by atoms with Gasteiger partial charge in [-0.1, -0.05) is 44.5 Å². The number of carbonyl (C=O) groups excluding carboxylic acids is 1. The monoisotopic (exact) mass is 270 g/mol. The Morgan fingerprint density at radius 2 is 2.00 bits per heavy atom. The first-order valence-corrected chi connectivity index (χ1v) is 6.15. The molecule has 1 rings (SSSR count). The molecule has 0 aliphatic heterocycles. The lowest BCUT2D eigenvalue weighted by Gasteiger charge is -2.29. The molecule has 2 amide bonds. The minimum atomic E-state index is -0.378. The van der Waals surface area contributed by atoms with E-state index in [0.717, 1.165) is 0 Å². The predicted octanol–water partition coefficient (Wildman–Crippen LogP) is 2.87. The molecule has 0 spiro atoms. The number of rotatable bonds is 3. The summed E-state index contributed by atoms with van der Waals surface area (Å²) in [5.74, 6) is 0. The van der Waals surface area contributed by atoms with E-state index in [4.69, 9.17) is 11.6 Å². The number of benzene rings is 1. The van der Waals surface area contributed by atoms with Gasteiger partial charge in [0.2, 0.25) is 0 Å². The van der Waals surface area contributed by atoms with E-state index in [1.165, 1.54) is 0 Å². The van der Waals surface area contributed by atoms with E-state index in [1.54, 1.807) is 24.3 Å². The van der Waals surface area contributed by atoms with Gasteiger partial charge in [-0.05, 0) is 17.5 Å². The second-order valence-corrected chi connectivity index (χ2v) is 5.59. The zero-order valence-electron chi connectivity index (χ0n) is 10.8. The maximum absolute atomic E-state index is 11.8. The van der Waals surface area contributed by atoms with Crippen molar-refractivity contribution in [3.63, 3.8) is 0 Å². The van der Waals surface area contributed by atoms with Crippen molar-refractivity contribution in [3.05, 3.63) is 29.3 Å². The molecular formula is C13H19ClN2O2. The van der Waals surface area contributed by atoms with Crippen molar-refractivity contribution in [2.24, 2.45) is 5.41 Å². The third-order valence-electron chi connectivity index (χ3n) is 2.66. The summed E-state index contributed by atoms with van der Waals surface area (Å²) in [6.07, 6.45) is 0. The molecular weight excluding hydrogens is 252 g/mol. The first-order chi connectivity index (χ1) is 8.34. The number of carbonyl (C=O) groups is 1. The second-order valence-electron chi connectivity index (χ2n) is 5.18. The standard InChI is InChI=1S/C13H19ClN2O2/c1-13(2,3)11(8-17)16-12(18)15-10-7-5-4-6-9(10)14/h4-7,11,17H,8H2,1-3H3,(H2,15,16,18)/t11-/m1/s1. The summed E-state index contributed by atoms with van der Waals surface area (Å²) < 4.78 is 0. The Morgan fingerprint density at radius 1 is 1.39 bits per heavy atom. The molecule has 0 saturated carbocycles. The molecule has 4 nitrogen and oxygen atoms in total. The van der Waals surface area contributed by atoms with Gasteiger partial charge in [-0.15, -0.1) is 0 Å². The quantitative estimate of drug-likeness (QED) is 0.791. The highest BCUT2D eigenvalue weighted by Gasteiger charge is 2.25. The average molecular weight is 271 g/mol. The number of halogens is 1. The smallest absolute Gasteiger partial charge is 0.319 e. The van der Waals surface area contributed by atoms with Gasteiger partial charge in [-0.25, -0.2) is 4.79 Å². The number of amides is 2. The molecule has 100 valence electrons. The molecule has 3 N–H and O–H groups in total. The van der Waals surface area contributed by atoms with E-state index < -0.39 is 0 Å². The van der Waals surface area contributed by atoms with Gasteiger partial charge >= 0.3 is 6.03 Å². The normalized spacial score (nSPS) is 12.9. The number of aliphatic hydroxyl groups is 1. The first kappa shape index (κ1) is 14.8. The fourth-order valence-corrected chi connectivity index (χ4v) is 1.60. The van der Waals surface area contributed by atoms with E-state index in [0.29, 0.717) is 10.7 Å². The predicted molar refractivity (Wildman–Crippen MR) is 73.9 cm³/mol. The van der Waals surface area contributed by atoms with Gasteiger partial charge in [0.1, 0.15) is 0 Å². The topological polar surface area (TPSA) is 61.4 Å². The fourth-order valence-electron chi connectivity index (χ4n) is 1.42. The minimum absolute atomic E-state index is 0.112. The molecule has 5 heteroatoms. The number of aliphatic hydroxyl groups excluding tert-OH is 1. The van der Waals surface area contributed by atoms with Gasteiger partial charge in [0.05, 0.1) is 23.4 Å². The number of hydrogen-bond donors (Lipinski definition) is 3. The van der Waals surface area contributed by atoms with Crippen LogP contribution in [0.2, 0.25) is 5.02 Å². The van der Waals surface area contributed by atoms with Crippen molar-refractivity contribution in [2.45, 2.75) is 26.8 Å². The van der Waals surface area contributed by atoms with E-state index in [9.17, 15) is 9.90 Å². The van der Waals surface area contributed by atoms with Crippen LogP contribution in [0.25, 0.3) is 0 Å². The largest absolute Gasteiger partial charge is 0.394 e. The van der Waals surface area contributed by atoms with Crippen molar-refractivity contribution in [1.29, 1.82) is 0 Å². The van der Waals surface area contributed by atoms with Crippen molar-refractivity contribution < 1.29 is 9.90 Å². The van der Waals surface area contributed by atoms with Gasteiger partial charge < -0.3 is 15.7 Å². The average Bonchev–Trinajstić information content (AvgIpc) is 2.27. The molecule has 0 aliphatic rings. The lowest BCUT2D eigenvalue weighted by molar-refractivity contribution is 0.162. The molecule has 0 heterocycles. The molecule has 0 radical (unpaired) electrons. The van der Waals surface area contributed by atoms with E-state index >= 15 is 0 Å². The summed E-state index contributed by atoms with van der Waals surface area (Å²) >= 11 is 5.94. The summed E-state index contributed by atoms with van der Waals surface area (Å²) in [4.78, 5) is 11.8. The van der Waals surface area contributed by atoms with Crippen LogP contribution in [0.5, 0.6) is 0 Å². The van der Waals surface area contributed by atoms with Gasteiger partial charge in [-0.2, -0.15) is 0 Å². The molecule has 0 unspecified atom stereocenters. The third kappa shape index (κ3) is 4.20. The van der Waals surface area contributed by atoms with Crippen LogP contribution < -0.4 is 10.6 Å². The number of urea groups is 1. The highest BCUT2D eigenvalue weighted by Crippen LogP contribution is 2.21. The van der Waals surface area contributed by atoms with Gasteiger partial charge in [0.25, 0.3) is 0 Å². The molecule has 1 aromatic carbocycles. The van der Waals surface area contributed by atoms with E-state index in [2.05, 4.69) is 10.6 Å². The summed E-state index contributed by atoms with van der Waals surface area (Å²) in [6.45, 7) is 5.73. The lowest BCUT2D eigenvalue weighted by Crippen LogP contribution is -2.47. The number of nitrogens with one attached hydrogen (secondary N) is 2. The highest BCUT2D eigenvalue weighted by atomic mass is 35.5. The van der Waals surface area contributed by atoms with Crippen LogP contribution in [0.3, 0.4) is 0 Å². The Hall–Kier alpha value is -1.26. The van der Waals surface area contributed by atoms with Crippen LogP contribution in [0.4, 0.5) is 10.5 Å². The molecule has 18 heavy (non-hydrogen) atoms. The van der Waals surface area contributed by atoms with Gasteiger partial charge in [0.15, 0.2) is 0 Å². The number of para-hydroxylation sites is 1. The molecule has 0 aromatic heterocycles. The first-order valence-electron chi connectivity index (χ1n) is 5.77. The Bertz CT molecular complexity index is 416. The number of anilines is 1. The van der Waals surface area contributed by atoms with E-state index in [1.807, 2.05) is 20.8 Å². The molecule has 1 aromatic rings. The molecule has 0 aliphatic carbocycles. The summed E-state index contributed by atoms with van der Waals surface area (Å²) in [5.41, 5.74) is 0.328. The van der Waals surface area contributed by atoms with Crippen LogP contribution >= 0.6 is 11.6 Å². The fraction of sp³-hybridized carbons (Fsp3) is 0.462. The van der Waals surface area contributed by atoms with Crippen molar-refractivity contribution in [1.82, 2.24) is 5.32 Å². The van der Waals surface area contributed by atoms with Crippen molar-refractivity contribution >= 4 is 23.3 Å². The molecule has 0 fully saturated rings. The van der Waals surface area contributed by atoms with Gasteiger partial charge in [-0.3, -0.25) is 0 Å². The zero-order valence-corrected chi connectivity index (χ0v) is 11.6. The maximum atomic E-state index is 11.8. The number of hydrogen-bond acceptors (Lipinski definition) is 2. The van der Waals surface area contributed by atoms with Crippen molar-refractivity contribution in [3.8, 4) is 0 Å². The summed E-state index contributed by atoms with van der Waals surface area (Å²) in [7, 11) is 0. The molecule has 0 bridgehead atoms. The Kier molecular flexibility index (Phi) is 4.99. The van der Waals surface area contributed by atoms with Crippen molar-refractivity contribution in [2.75, 3.05) is 11.9 Å². The second kappa shape index (κ2) is 6.07. The van der Waals surface area contributed by atoms with Crippen LogP contribution in [0.1, 0.15) is 20.8 Å². The van der Waals surface area contributed by atoms with Crippen LogP contribution in [-0.2, 0) is 0 Å². The van der Waals surface area contributed by atoms with Crippen LogP contribution in [-0.4, -0.2) is 23.8 Å². The van der Waals surface area contributed by atoms with Crippen LogP contribution in [0, 0.1) is 5.41 Å². The Balaban J connectivity index is 2.65. The maximum Gasteiger partial charge on any atom is 0.319 e. The van der Waals surface area contributed by atoms with Crippen LogP contribution in [0.15, 0.2) is 24.3 Å². The Labute approximate surface area is 112 Å². The molecule has 0 saturated heterocycles. The Morgan fingerprint density at radius 3 is 2.50 bits per heavy atom. The highest BCUT2D eigenvalue weighted by molar-refractivity contribution is 6.33. The summed E-state index contributed by atoms with van der Waals surface area (Å²) in [5, 5.41) is 15.1. The molecule has 1 atom stereocenters. The zero-order chi connectivity index (χ0) is 13.8. The minimum Gasteiger partial charge on any atom is -0.394 e. The third-order valence-corrected chi connectivity index (χ3v) is 2.98.